The number of nitrogens with zero attached hydrogens (tertiary/aromatic N) is 1. The zero-order valence-corrected chi connectivity index (χ0v) is 11.8. The summed E-state index contributed by atoms with van der Waals surface area (Å²) < 4.78 is 0. The van der Waals surface area contributed by atoms with Gasteiger partial charge in [-0.25, -0.2) is 0 Å². The van der Waals surface area contributed by atoms with Crippen LogP contribution in [-0.2, 0) is 0 Å². The van der Waals surface area contributed by atoms with E-state index in [1.54, 1.807) is 0 Å². The third kappa shape index (κ3) is 3.07. The number of nitrogens with one attached hydrogen (secondary N) is 1. The molecule has 1 heterocycles. The van der Waals surface area contributed by atoms with Crippen molar-refractivity contribution >= 4 is 11.6 Å². The summed E-state index contributed by atoms with van der Waals surface area (Å²) >= 11 is 0. The maximum absolute atomic E-state index is 12.2. The molecule has 1 aliphatic rings. The molecule has 1 saturated heterocycles. The lowest BCUT2D eigenvalue weighted by Gasteiger charge is -2.23. The number of carbonyl (C=O) groups is 1. The second kappa shape index (κ2) is 6.06. The zero-order valence-electron chi connectivity index (χ0n) is 11.8. The molecule has 4 nitrogen and oxygen atoms in total. The molecule has 3 N–H and O–H groups in total. The molecule has 2 rings (SSSR count). The van der Waals surface area contributed by atoms with Crippen LogP contribution in [-0.4, -0.2) is 36.5 Å². The van der Waals surface area contributed by atoms with Crippen molar-refractivity contribution in [2.45, 2.75) is 32.7 Å². The van der Waals surface area contributed by atoms with E-state index in [9.17, 15) is 4.79 Å². The van der Waals surface area contributed by atoms with Gasteiger partial charge in [0, 0.05) is 23.8 Å². The van der Waals surface area contributed by atoms with Crippen LogP contribution in [0.25, 0.3) is 0 Å². The predicted molar refractivity (Wildman–Crippen MR) is 78.2 cm³/mol. The van der Waals surface area contributed by atoms with Gasteiger partial charge in [0.25, 0.3) is 5.91 Å². The van der Waals surface area contributed by atoms with Gasteiger partial charge >= 0.3 is 0 Å². The Labute approximate surface area is 115 Å². The smallest absolute Gasteiger partial charge is 0.251 e. The Bertz CT molecular complexity index is 459. The quantitative estimate of drug-likeness (QED) is 0.812. The lowest BCUT2D eigenvalue weighted by molar-refractivity contribution is 0.0941. The van der Waals surface area contributed by atoms with Gasteiger partial charge in [0.2, 0.25) is 0 Å². The number of likely N-dealkylation sites (N-methyl/N-ethyl adjacent to an activating group) is 1. The second-order valence-corrected chi connectivity index (χ2v) is 5.15. The van der Waals surface area contributed by atoms with Crippen molar-refractivity contribution in [3.05, 3.63) is 29.3 Å². The minimum absolute atomic E-state index is 0.0206. The van der Waals surface area contributed by atoms with E-state index < -0.39 is 0 Å². The van der Waals surface area contributed by atoms with Crippen molar-refractivity contribution in [1.29, 1.82) is 0 Å². The third-order valence-corrected chi connectivity index (χ3v) is 4.02. The first-order valence-corrected chi connectivity index (χ1v) is 7.00. The Morgan fingerprint density at radius 3 is 3.05 bits per heavy atom. The number of nitrogen functional groups attached to an aromatic ring is 1. The highest BCUT2D eigenvalue weighted by Crippen LogP contribution is 2.17. The number of anilines is 1. The monoisotopic (exact) mass is 261 g/mol. The third-order valence-electron chi connectivity index (χ3n) is 4.02. The van der Waals surface area contributed by atoms with Crippen LogP contribution in [0, 0.1) is 6.92 Å². The molecule has 0 saturated carbocycles. The van der Waals surface area contributed by atoms with Crippen LogP contribution in [0.1, 0.15) is 35.7 Å². The highest BCUT2D eigenvalue weighted by Gasteiger charge is 2.23. The Morgan fingerprint density at radius 1 is 1.53 bits per heavy atom. The molecule has 1 aromatic rings. The number of likely N-dealkylation sites (tertiary alicyclic amines) is 1. The molecule has 1 aliphatic heterocycles. The van der Waals surface area contributed by atoms with Crippen molar-refractivity contribution < 1.29 is 4.79 Å². The summed E-state index contributed by atoms with van der Waals surface area (Å²) in [5.74, 6) is -0.0206. The van der Waals surface area contributed by atoms with E-state index in [1.807, 2.05) is 25.1 Å². The van der Waals surface area contributed by atoms with Gasteiger partial charge in [-0.2, -0.15) is 0 Å². The molecule has 0 aromatic heterocycles. The van der Waals surface area contributed by atoms with Gasteiger partial charge in [-0.15, -0.1) is 0 Å². The average molecular weight is 261 g/mol. The standard InChI is InChI=1S/C15H23N3O/c1-3-18-9-5-6-12(18)10-17-15(19)13-7-4-8-14(16)11(13)2/h4,7-8,12H,3,5-6,9-10,16H2,1-2H3,(H,17,19)/t12-/m1/s1. The first kappa shape index (κ1) is 13.9. The van der Waals surface area contributed by atoms with E-state index in [2.05, 4.69) is 17.1 Å². The van der Waals surface area contributed by atoms with E-state index in [-0.39, 0.29) is 5.91 Å². The Morgan fingerprint density at radius 2 is 2.32 bits per heavy atom. The van der Waals surface area contributed by atoms with Gasteiger partial charge in [-0.3, -0.25) is 9.69 Å². The molecule has 104 valence electrons. The summed E-state index contributed by atoms with van der Waals surface area (Å²) in [5.41, 5.74) is 8.04. The molecule has 0 radical (unpaired) electrons. The molecule has 4 heteroatoms. The van der Waals surface area contributed by atoms with E-state index in [1.165, 1.54) is 12.8 Å². The Kier molecular flexibility index (Phi) is 4.43. The van der Waals surface area contributed by atoms with Crippen molar-refractivity contribution in [1.82, 2.24) is 10.2 Å². The highest BCUT2D eigenvalue weighted by atomic mass is 16.1. The molecule has 1 aromatic carbocycles. The number of benzene rings is 1. The van der Waals surface area contributed by atoms with Gasteiger partial charge in [0.05, 0.1) is 0 Å². The molecule has 0 aliphatic carbocycles. The highest BCUT2D eigenvalue weighted by molar-refractivity contribution is 5.96. The normalized spacial score (nSPS) is 19.6. The topological polar surface area (TPSA) is 58.4 Å². The summed E-state index contributed by atoms with van der Waals surface area (Å²) in [6.07, 6.45) is 2.40. The Balaban J connectivity index is 1.96. The number of rotatable bonds is 4. The summed E-state index contributed by atoms with van der Waals surface area (Å²) in [7, 11) is 0. The second-order valence-electron chi connectivity index (χ2n) is 5.15. The van der Waals surface area contributed by atoms with Crippen molar-refractivity contribution in [3.8, 4) is 0 Å². The van der Waals surface area contributed by atoms with Crippen molar-refractivity contribution in [3.63, 3.8) is 0 Å². The minimum atomic E-state index is -0.0206. The first-order valence-electron chi connectivity index (χ1n) is 7.00. The lowest BCUT2D eigenvalue weighted by atomic mass is 10.1. The van der Waals surface area contributed by atoms with Crippen LogP contribution >= 0.6 is 0 Å². The fraction of sp³-hybridized carbons (Fsp3) is 0.533. The van der Waals surface area contributed by atoms with Gasteiger partial charge < -0.3 is 11.1 Å². The molecular weight excluding hydrogens is 238 g/mol. The summed E-state index contributed by atoms with van der Waals surface area (Å²) in [5, 5.41) is 3.04. The lowest BCUT2D eigenvalue weighted by Crippen LogP contribution is -2.40. The van der Waals surface area contributed by atoms with Crippen molar-refractivity contribution in [2.75, 3.05) is 25.4 Å². The van der Waals surface area contributed by atoms with Crippen LogP contribution in [0.5, 0.6) is 0 Å². The van der Waals surface area contributed by atoms with Crippen LogP contribution in [0.15, 0.2) is 18.2 Å². The SMILES string of the molecule is CCN1CCC[C@@H]1CNC(=O)c1cccc(N)c1C. The number of hydrogen-bond acceptors (Lipinski definition) is 3. The molecular formula is C15H23N3O. The molecule has 19 heavy (non-hydrogen) atoms. The van der Waals surface area contributed by atoms with Gasteiger partial charge in [-0.1, -0.05) is 13.0 Å². The maximum Gasteiger partial charge on any atom is 0.251 e. The largest absolute Gasteiger partial charge is 0.398 e. The molecule has 0 unspecified atom stereocenters. The van der Waals surface area contributed by atoms with Gasteiger partial charge in [0.1, 0.15) is 0 Å². The van der Waals surface area contributed by atoms with E-state index >= 15 is 0 Å². The van der Waals surface area contributed by atoms with Gasteiger partial charge in [-0.05, 0) is 50.6 Å². The number of nitrogens with two attached hydrogens (primary N) is 1. The van der Waals surface area contributed by atoms with E-state index in [4.69, 9.17) is 5.73 Å². The van der Waals surface area contributed by atoms with Crippen LogP contribution in [0.2, 0.25) is 0 Å². The Hall–Kier alpha value is -1.55. The van der Waals surface area contributed by atoms with Gasteiger partial charge in [0.15, 0.2) is 0 Å². The van der Waals surface area contributed by atoms with Crippen LogP contribution in [0.4, 0.5) is 5.69 Å². The number of carbonyl (C=O) groups excluding carboxylic acids is 1. The molecule has 1 atom stereocenters. The average Bonchev–Trinajstić information content (AvgIpc) is 2.86. The van der Waals surface area contributed by atoms with E-state index in [0.717, 1.165) is 25.2 Å². The predicted octanol–water partition coefficient (Wildman–Crippen LogP) is 1.79. The van der Waals surface area contributed by atoms with E-state index in [0.29, 0.717) is 17.3 Å². The number of hydrogen-bond donors (Lipinski definition) is 2. The molecule has 0 bridgehead atoms. The van der Waals surface area contributed by atoms with Crippen LogP contribution < -0.4 is 11.1 Å². The molecule has 1 amide bonds. The molecule has 1 fully saturated rings. The zero-order chi connectivity index (χ0) is 13.8. The van der Waals surface area contributed by atoms with Crippen molar-refractivity contribution in [2.24, 2.45) is 0 Å². The fourth-order valence-electron chi connectivity index (χ4n) is 2.75. The summed E-state index contributed by atoms with van der Waals surface area (Å²) in [4.78, 5) is 14.6. The number of amides is 1. The maximum atomic E-state index is 12.2. The minimum Gasteiger partial charge on any atom is -0.398 e. The summed E-state index contributed by atoms with van der Waals surface area (Å²) in [6.45, 7) is 6.98. The summed E-state index contributed by atoms with van der Waals surface area (Å²) in [6, 6.07) is 5.95. The molecule has 0 spiro atoms. The first-order chi connectivity index (χ1) is 9.13. The van der Waals surface area contributed by atoms with Crippen LogP contribution in [0.3, 0.4) is 0 Å². The fourth-order valence-corrected chi connectivity index (χ4v) is 2.75.